The number of piperazine rings is 1. The first-order chi connectivity index (χ1) is 15.2. The Bertz CT molecular complexity index is 1150. The molecule has 0 unspecified atom stereocenters. The van der Waals surface area contributed by atoms with E-state index in [1.807, 2.05) is 4.90 Å². The zero-order valence-electron chi connectivity index (χ0n) is 16.9. The fourth-order valence-corrected chi connectivity index (χ4v) is 3.41. The summed E-state index contributed by atoms with van der Waals surface area (Å²) in [6, 6.07) is 5.39. The molecule has 0 spiro atoms. The first kappa shape index (κ1) is 21.5. The van der Waals surface area contributed by atoms with E-state index in [0.29, 0.717) is 54.5 Å². The second-order valence-electron chi connectivity index (χ2n) is 7.13. The van der Waals surface area contributed by atoms with Gasteiger partial charge >= 0.3 is 6.36 Å². The molecule has 168 valence electrons. The van der Waals surface area contributed by atoms with E-state index in [4.69, 9.17) is 0 Å². The van der Waals surface area contributed by atoms with E-state index in [2.05, 4.69) is 19.7 Å². The van der Waals surface area contributed by atoms with Crippen LogP contribution in [0.2, 0.25) is 0 Å². The Balaban J connectivity index is 1.64. The van der Waals surface area contributed by atoms with Crippen LogP contribution >= 0.6 is 0 Å². The highest BCUT2D eigenvalue weighted by Crippen LogP contribution is 2.30. The highest BCUT2D eigenvalue weighted by atomic mass is 19.4. The lowest BCUT2D eigenvalue weighted by molar-refractivity contribution is -0.274. The minimum Gasteiger partial charge on any atom is -0.406 e. The Morgan fingerprint density at radius 2 is 1.78 bits per heavy atom. The summed E-state index contributed by atoms with van der Waals surface area (Å²) in [5.74, 6) is -0.753. The molecular formula is C20H18F4N6O2. The van der Waals surface area contributed by atoms with Gasteiger partial charge in [0.05, 0.1) is 6.33 Å². The quantitative estimate of drug-likeness (QED) is 0.336. The summed E-state index contributed by atoms with van der Waals surface area (Å²) in [6.45, 7) is 1.91. The summed E-state index contributed by atoms with van der Waals surface area (Å²) >= 11 is 0. The minimum atomic E-state index is -4.77. The molecule has 2 aromatic heterocycles. The lowest BCUT2D eigenvalue weighted by atomic mass is 10.1. The highest BCUT2D eigenvalue weighted by molar-refractivity contribution is 5.88. The van der Waals surface area contributed by atoms with Gasteiger partial charge < -0.3 is 19.1 Å². The van der Waals surface area contributed by atoms with Crippen LogP contribution in [0.15, 0.2) is 42.6 Å². The third-order valence-electron chi connectivity index (χ3n) is 4.92. The van der Waals surface area contributed by atoms with E-state index in [0.717, 1.165) is 0 Å². The van der Waals surface area contributed by atoms with Gasteiger partial charge in [0.1, 0.15) is 17.0 Å². The van der Waals surface area contributed by atoms with Gasteiger partial charge in [-0.3, -0.25) is 4.79 Å². The molecule has 3 aromatic rings. The molecule has 1 saturated heterocycles. The molecule has 1 aliphatic heterocycles. The number of aldehydes is 1. The smallest absolute Gasteiger partial charge is 0.406 e. The number of carbonyl (C=O) groups is 1. The molecule has 0 amide bonds. The lowest BCUT2D eigenvalue weighted by Gasteiger charge is -2.34. The molecule has 1 fully saturated rings. The van der Waals surface area contributed by atoms with E-state index in [1.165, 1.54) is 30.5 Å². The number of aromatic nitrogens is 4. The Morgan fingerprint density at radius 3 is 2.41 bits per heavy atom. The normalized spacial score (nSPS) is 15.3. The average Bonchev–Trinajstić information content (AvgIpc) is 3.14. The van der Waals surface area contributed by atoms with Gasteiger partial charge in [0, 0.05) is 45.0 Å². The third kappa shape index (κ3) is 4.63. The van der Waals surface area contributed by atoms with Gasteiger partial charge in [-0.25, -0.2) is 14.4 Å². The number of rotatable bonds is 5. The molecule has 1 aromatic carbocycles. The number of nitrogens with zero attached hydrogens (tertiary/aromatic N) is 6. The van der Waals surface area contributed by atoms with Crippen LogP contribution in [0.4, 0.5) is 23.5 Å². The van der Waals surface area contributed by atoms with Crippen molar-refractivity contribution in [3.05, 3.63) is 42.6 Å². The van der Waals surface area contributed by atoms with Crippen LogP contribution < -0.4 is 9.64 Å². The van der Waals surface area contributed by atoms with Gasteiger partial charge in [-0.05, 0) is 24.3 Å². The number of benzene rings is 1. The van der Waals surface area contributed by atoms with Crippen molar-refractivity contribution in [2.24, 2.45) is 7.05 Å². The van der Waals surface area contributed by atoms with Crippen LogP contribution in [0.1, 0.15) is 0 Å². The molecule has 1 aliphatic rings. The molecule has 8 nitrogen and oxygen atoms in total. The summed E-state index contributed by atoms with van der Waals surface area (Å²) in [5, 5.41) is 0. The summed E-state index contributed by atoms with van der Waals surface area (Å²) in [5.41, 5.74) is 2.10. The van der Waals surface area contributed by atoms with Crippen molar-refractivity contribution in [2.45, 2.75) is 6.36 Å². The monoisotopic (exact) mass is 450 g/mol. The third-order valence-corrected chi connectivity index (χ3v) is 4.92. The second kappa shape index (κ2) is 8.44. The first-order valence-electron chi connectivity index (χ1n) is 9.60. The van der Waals surface area contributed by atoms with Crippen LogP contribution in [0.3, 0.4) is 0 Å². The van der Waals surface area contributed by atoms with E-state index < -0.39 is 12.2 Å². The van der Waals surface area contributed by atoms with Gasteiger partial charge in [-0.2, -0.15) is 4.98 Å². The number of imidazole rings is 1. The van der Waals surface area contributed by atoms with Crippen LogP contribution in [-0.4, -0.2) is 63.2 Å². The SMILES string of the molecule is Cn1cnc2c(-c3ccc(OC(F)(F)F)cc3)nc(N3CCN(C=C(F)C=O)CC3)nc21. The van der Waals surface area contributed by atoms with E-state index in [9.17, 15) is 22.4 Å². The van der Waals surface area contributed by atoms with Gasteiger partial charge in [0.2, 0.25) is 5.95 Å². The Labute approximate surface area is 179 Å². The highest BCUT2D eigenvalue weighted by Gasteiger charge is 2.31. The van der Waals surface area contributed by atoms with E-state index in [-0.39, 0.29) is 12.0 Å². The summed E-state index contributed by atoms with van der Waals surface area (Å²) < 4.78 is 56.2. The topological polar surface area (TPSA) is 76.4 Å². The van der Waals surface area contributed by atoms with Crippen molar-refractivity contribution in [3.8, 4) is 17.0 Å². The maximum Gasteiger partial charge on any atom is 0.573 e. The molecule has 32 heavy (non-hydrogen) atoms. The number of alkyl halides is 3. The second-order valence-corrected chi connectivity index (χ2v) is 7.13. The average molecular weight is 450 g/mol. The van der Waals surface area contributed by atoms with Crippen molar-refractivity contribution in [3.63, 3.8) is 0 Å². The number of aryl methyl sites for hydroxylation is 1. The molecule has 0 N–H and O–H groups in total. The number of hydrogen-bond acceptors (Lipinski definition) is 7. The van der Waals surface area contributed by atoms with Gasteiger partial charge in [-0.1, -0.05) is 0 Å². The molecule has 0 aliphatic carbocycles. The number of carbonyl (C=O) groups excluding carboxylic acids is 1. The molecule has 3 heterocycles. The molecular weight excluding hydrogens is 432 g/mol. The number of halogens is 4. The number of fused-ring (bicyclic) bond motifs is 1. The predicted molar refractivity (Wildman–Crippen MR) is 107 cm³/mol. The number of allylic oxidation sites excluding steroid dienone is 1. The lowest BCUT2D eigenvalue weighted by Crippen LogP contribution is -2.45. The Hall–Kier alpha value is -3.70. The zero-order valence-corrected chi connectivity index (χ0v) is 16.9. The fraction of sp³-hybridized carbons (Fsp3) is 0.300. The molecule has 0 radical (unpaired) electrons. The number of hydrogen-bond donors (Lipinski definition) is 0. The van der Waals surface area contributed by atoms with Crippen LogP contribution in [0, 0.1) is 0 Å². The van der Waals surface area contributed by atoms with Crippen molar-refractivity contribution in [1.29, 1.82) is 0 Å². The van der Waals surface area contributed by atoms with Gasteiger partial charge in [0.15, 0.2) is 17.8 Å². The molecule has 12 heteroatoms. The van der Waals surface area contributed by atoms with Crippen molar-refractivity contribution < 1.29 is 27.1 Å². The molecule has 0 saturated carbocycles. The minimum absolute atomic E-state index is 0.156. The van der Waals surface area contributed by atoms with Gasteiger partial charge in [-0.15, -0.1) is 13.2 Å². The Kier molecular flexibility index (Phi) is 5.68. The standard InChI is InChI=1S/C20H18F4N6O2/c1-28-12-25-17-16(13-2-4-15(5-3-13)32-20(22,23)24)26-19(27-18(17)28)30-8-6-29(7-9-30)10-14(21)11-31/h2-5,10-12H,6-9H2,1H3. The van der Waals surface area contributed by atoms with Crippen LogP contribution in [-0.2, 0) is 11.8 Å². The van der Waals surface area contributed by atoms with E-state index >= 15 is 0 Å². The summed E-state index contributed by atoms with van der Waals surface area (Å²) in [6.07, 6.45) is -1.86. The largest absolute Gasteiger partial charge is 0.573 e. The maximum atomic E-state index is 13.2. The first-order valence-corrected chi connectivity index (χ1v) is 9.60. The molecule has 0 bridgehead atoms. The molecule has 0 atom stereocenters. The number of anilines is 1. The van der Waals surface area contributed by atoms with Gasteiger partial charge in [0.25, 0.3) is 0 Å². The summed E-state index contributed by atoms with van der Waals surface area (Å²) in [4.78, 5) is 27.7. The van der Waals surface area contributed by atoms with Crippen molar-refractivity contribution in [1.82, 2.24) is 24.4 Å². The maximum absolute atomic E-state index is 13.2. The van der Waals surface area contributed by atoms with Crippen molar-refractivity contribution in [2.75, 3.05) is 31.1 Å². The molecule has 4 rings (SSSR count). The summed E-state index contributed by atoms with van der Waals surface area (Å²) in [7, 11) is 1.78. The van der Waals surface area contributed by atoms with Crippen LogP contribution in [0.25, 0.3) is 22.4 Å². The van der Waals surface area contributed by atoms with Crippen LogP contribution in [0.5, 0.6) is 5.75 Å². The van der Waals surface area contributed by atoms with Crippen molar-refractivity contribution >= 4 is 23.4 Å². The predicted octanol–water partition coefficient (Wildman–Crippen LogP) is 3.06. The number of ether oxygens (including phenoxy) is 1. The fourth-order valence-electron chi connectivity index (χ4n) is 3.41. The zero-order chi connectivity index (χ0) is 22.9. The Morgan fingerprint density at radius 1 is 1.09 bits per heavy atom. The van der Waals surface area contributed by atoms with E-state index in [1.54, 1.807) is 22.8 Å².